The fraction of sp³-hybridized carbons (Fsp3) is 0.158. The van der Waals surface area contributed by atoms with Crippen molar-refractivity contribution in [2.75, 3.05) is 12.8 Å². The third-order valence-corrected chi connectivity index (χ3v) is 5.87. The average molecular weight is 396 g/mol. The first kappa shape index (κ1) is 17.7. The van der Waals surface area contributed by atoms with Crippen molar-refractivity contribution in [2.24, 2.45) is 0 Å². The van der Waals surface area contributed by atoms with E-state index < -0.39 is 0 Å². The van der Waals surface area contributed by atoms with Gasteiger partial charge in [0, 0.05) is 30.7 Å². The molecule has 0 aliphatic carbocycles. The van der Waals surface area contributed by atoms with Crippen LogP contribution in [0.4, 0.5) is 0 Å². The van der Waals surface area contributed by atoms with Crippen LogP contribution in [-0.2, 0) is 11.3 Å². The van der Waals surface area contributed by atoms with Gasteiger partial charge in [-0.1, -0.05) is 30.0 Å². The summed E-state index contributed by atoms with van der Waals surface area (Å²) in [4.78, 5) is 23.7. The van der Waals surface area contributed by atoms with Crippen LogP contribution in [0.2, 0.25) is 0 Å². The van der Waals surface area contributed by atoms with Crippen LogP contribution in [0.3, 0.4) is 0 Å². The second-order valence-corrected chi connectivity index (χ2v) is 7.84. The smallest absolute Gasteiger partial charge is 0.233 e. The van der Waals surface area contributed by atoms with E-state index in [4.69, 9.17) is 0 Å². The van der Waals surface area contributed by atoms with Gasteiger partial charge < -0.3 is 4.90 Å². The van der Waals surface area contributed by atoms with Gasteiger partial charge in [-0.15, -0.1) is 11.3 Å². The van der Waals surface area contributed by atoms with Crippen molar-refractivity contribution in [3.05, 3.63) is 66.1 Å². The molecule has 136 valence electrons. The number of fused-ring (bicyclic) bond motifs is 1. The van der Waals surface area contributed by atoms with Gasteiger partial charge in [-0.05, 0) is 23.6 Å². The highest BCUT2D eigenvalue weighted by molar-refractivity contribution is 8.00. The van der Waals surface area contributed by atoms with Gasteiger partial charge in [-0.25, -0.2) is 14.6 Å². The van der Waals surface area contributed by atoms with Crippen LogP contribution in [0.5, 0.6) is 0 Å². The molecule has 3 aromatic heterocycles. The summed E-state index contributed by atoms with van der Waals surface area (Å²) in [7, 11) is 1.81. The molecular weight excluding hydrogens is 378 g/mol. The van der Waals surface area contributed by atoms with Crippen molar-refractivity contribution in [1.82, 2.24) is 24.6 Å². The number of amides is 1. The summed E-state index contributed by atoms with van der Waals surface area (Å²) in [6.45, 7) is 0.518. The molecular formula is C19H17N5OS2. The molecule has 6 nitrogen and oxygen atoms in total. The number of carbonyl (C=O) groups excluding carboxylic acids is 1. The van der Waals surface area contributed by atoms with Gasteiger partial charge in [-0.3, -0.25) is 4.79 Å². The topological polar surface area (TPSA) is 63.9 Å². The van der Waals surface area contributed by atoms with Crippen molar-refractivity contribution < 1.29 is 4.79 Å². The van der Waals surface area contributed by atoms with Crippen LogP contribution in [0.25, 0.3) is 15.9 Å². The largest absolute Gasteiger partial charge is 0.341 e. The van der Waals surface area contributed by atoms with Crippen molar-refractivity contribution in [1.29, 1.82) is 0 Å². The van der Waals surface area contributed by atoms with Crippen LogP contribution in [0, 0.1) is 0 Å². The minimum absolute atomic E-state index is 0.0504. The Morgan fingerprint density at radius 3 is 2.93 bits per heavy atom. The maximum atomic E-state index is 12.5. The predicted octanol–water partition coefficient (Wildman–Crippen LogP) is 3.63. The van der Waals surface area contributed by atoms with Crippen LogP contribution >= 0.6 is 23.1 Å². The summed E-state index contributed by atoms with van der Waals surface area (Å²) < 4.78 is 1.82. The number of thioether (sulfide) groups is 1. The van der Waals surface area contributed by atoms with Gasteiger partial charge in [0.05, 0.1) is 17.6 Å². The Hall–Kier alpha value is -2.71. The van der Waals surface area contributed by atoms with E-state index in [1.165, 1.54) is 11.8 Å². The normalized spacial score (nSPS) is 11.0. The first-order valence-electron chi connectivity index (χ1n) is 8.34. The number of hydrogen-bond donors (Lipinski definition) is 0. The quantitative estimate of drug-likeness (QED) is 0.368. The zero-order valence-corrected chi connectivity index (χ0v) is 16.3. The van der Waals surface area contributed by atoms with E-state index in [0.717, 1.165) is 26.5 Å². The maximum Gasteiger partial charge on any atom is 0.233 e. The molecule has 0 unspecified atom stereocenters. The number of thiophene rings is 1. The molecule has 0 fully saturated rings. The molecule has 8 heteroatoms. The Morgan fingerprint density at radius 1 is 1.22 bits per heavy atom. The number of hydrogen-bond acceptors (Lipinski definition) is 6. The maximum absolute atomic E-state index is 12.5. The lowest BCUT2D eigenvalue weighted by Gasteiger charge is -2.15. The van der Waals surface area contributed by atoms with Crippen LogP contribution < -0.4 is 0 Å². The van der Waals surface area contributed by atoms with E-state index in [1.54, 1.807) is 28.8 Å². The first-order valence-corrected chi connectivity index (χ1v) is 10.2. The van der Waals surface area contributed by atoms with Gasteiger partial charge in [-0.2, -0.15) is 5.10 Å². The van der Waals surface area contributed by atoms with Crippen molar-refractivity contribution in [3.63, 3.8) is 0 Å². The molecule has 4 aromatic rings. The van der Waals surface area contributed by atoms with E-state index in [2.05, 4.69) is 15.1 Å². The van der Waals surface area contributed by atoms with Gasteiger partial charge in [0.1, 0.15) is 16.2 Å². The Bertz CT molecular complexity index is 1060. The summed E-state index contributed by atoms with van der Waals surface area (Å²) >= 11 is 3.02. The SMILES string of the molecule is CN(Cc1cnn(-c2ccccc2)c1)C(=O)CSc1ncnc2sccc12. The van der Waals surface area contributed by atoms with E-state index in [0.29, 0.717) is 12.3 Å². The van der Waals surface area contributed by atoms with E-state index in [1.807, 2.05) is 59.7 Å². The zero-order valence-electron chi connectivity index (χ0n) is 14.6. The molecule has 0 radical (unpaired) electrons. The summed E-state index contributed by atoms with van der Waals surface area (Å²) in [5, 5.41) is 8.22. The van der Waals surface area contributed by atoms with E-state index >= 15 is 0 Å². The molecule has 1 amide bonds. The highest BCUT2D eigenvalue weighted by atomic mass is 32.2. The highest BCUT2D eigenvalue weighted by Crippen LogP contribution is 2.27. The number of rotatable bonds is 6. The number of nitrogens with zero attached hydrogens (tertiary/aromatic N) is 5. The third-order valence-electron chi connectivity index (χ3n) is 4.06. The number of carbonyl (C=O) groups is 1. The molecule has 0 saturated heterocycles. The van der Waals surface area contributed by atoms with Crippen LogP contribution in [0.1, 0.15) is 5.56 Å². The lowest BCUT2D eigenvalue weighted by atomic mass is 10.3. The highest BCUT2D eigenvalue weighted by Gasteiger charge is 2.13. The molecule has 0 bridgehead atoms. The summed E-state index contributed by atoms with van der Waals surface area (Å²) in [6, 6.07) is 11.9. The Balaban J connectivity index is 1.37. The molecule has 27 heavy (non-hydrogen) atoms. The molecule has 0 N–H and O–H groups in total. The molecule has 0 aliphatic heterocycles. The Kier molecular flexibility index (Phi) is 5.17. The average Bonchev–Trinajstić information content (AvgIpc) is 3.36. The van der Waals surface area contributed by atoms with Crippen molar-refractivity contribution in [3.8, 4) is 5.69 Å². The lowest BCUT2D eigenvalue weighted by molar-refractivity contribution is -0.127. The standard InChI is InChI=1S/C19H17N5OS2/c1-23(10-14-9-22-24(11-14)15-5-3-2-4-6-15)17(25)12-27-19-16-7-8-26-18(16)20-13-21-19/h2-9,11,13H,10,12H2,1H3. The van der Waals surface area contributed by atoms with E-state index in [9.17, 15) is 4.79 Å². The molecule has 4 rings (SSSR count). The summed E-state index contributed by atoms with van der Waals surface area (Å²) in [6.07, 6.45) is 5.29. The molecule has 0 spiro atoms. The molecule has 0 aliphatic rings. The van der Waals surface area contributed by atoms with Crippen LogP contribution in [-0.4, -0.2) is 43.4 Å². The second kappa shape index (κ2) is 7.89. The third kappa shape index (κ3) is 4.01. The molecule has 1 aromatic carbocycles. The molecule has 0 saturated carbocycles. The zero-order chi connectivity index (χ0) is 18.6. The van der Waals surface area contributed by atoms with Gasteiger partial charge >= 0.3 is 0 Å². The Morgan fingerprint density at radius 2 is 2.07 bits per heavy atom. The van der Waals surface area contributed by atoms with E-state index in [-0.39, 0.29) is 5.91 Å². The number of aromatic nitrogens is 4. The second-order valence-electron chi connectivity index (χ2n) is 5.99. The van der Waals surface area contributed by atoms with Crippen molar-refractivity contribution in [2.45, 2.75) is 11.6 Å². The summed E-state index contributed by atoms with van der Waals surface area (Å²) in [5.74, 6) is 0.389. The molecule has 0 atom stereocenters. The first-order chi connectivity index (χ1) is 13.2. The van der Waals surface area contributed by atoms with Gasteiger partial charge in [0.15, 0.2) is 0 Å². The number of benzene rings is 1. The fourth-order valence-electron chi connectivity index (χ4n) is 2.65. The minimum Gasteiger partial charge on any atom is -0.341 e. The summed E-state index contributed by atoms with van der Waals surface area (Å²) in [5.41, 5.74) is 1.98. The minimum atomic E-state index is 0.0504. The van der Waals surface area contributed by atoms with Crippen LogP contribution in [0.15, 0.2) is 65.5 Å². The number of para-hydroxylation sites is 1. The predicted molar refractivity (Wildman–Crippen MR) is 108 cm³/mol. The van der Waals surface area contributed by atoms with Crippen molar-refractivity contribution >= 4 is 39.2 Å². The van der Waals surface area contributed by atoms with Gasteiger partial charge in [0.2, 0.25) is 5.91 Å². The van der Waals surface area contributed by atoms with Gasteiger partial charge in [0.25, 0.3) is 0 Å². The lowest BCUT2D eigenvalue weighted by Crippen LogP contribution is -2.27. The fourth-order valence-corrected chi connectivity index (χ4v) is 4.37. The molecule has 3 heterocycles. The Labute approximate surface area is 164 Å². The monoisotopic (exact) mass is 395 g/mol.